The zero-order valence-electron chi connectivity index (χ0n) is 19.5. The molecule has 0 aromatic heterocycles. The predicted molar refractivity (Wildman–Crippen MR) is 126 cm³/mol. The van der Waals surface area contributed by atoms with Crippen LogP contribution in [-0.2, 0) is 24.9 Å². The molecule has 1 N–H and O–H groups in total. The van der Waals surface area contributed by atoms with Gasteiger partial charge in [0.05, 0.1) is 22.4 Å². The highest BCUT2D eigenvalue weighted by atomic mass is 32.2. The Balaban J connectivity index is 1.83. The third-order valence-electron chi connectivity index (χ3n) is 7.64. The van der Waals surface area contributed by atoms with E-state index < -0.39 is 31.1 Å². The largest absolute Gasteiger partial charge is 0.326 e. The first-order valence-electron chi connectivity index (χ1n) is 11.0. The molecule has 1 aromatic rings. The van der Waals surface area contributed by atoms with Crippen molar-refractivity contribution in [1.29, 1.82) is 5.26 Å². The van der Waals surface area contributed by atoms with E-state index in [1.165, 1.54) is 12.1 Å². The minimum atomic E-state index is -3.38. The van der Waals surface area contributed by atoms with E-state index in [-0.39, 0.29) is 34.2 Å². The molecule has 0 bridgehead atoms. The molecule has 10 heteroatoms. The molecule has 1 heterocycles. The molecule has 33 heavy (non-hydrogen) atoms. The van der Waals surface area contributed by atoms with Crippen LogP contribution in [0.4, 0.5) is 0 Å². The quantitative estimate of drug-likeness (QED) is 0.473. The van der Waals surface area contributed by atoms with E-state index in [4.69, 9.17) is 0 Å². The topological polar surface area (TPSA) is 124 Å². The Morgan fingerprint density at radius 1 is 1.21 bits per heavy atom. The van der Waals surface area contributed by atoms with Gasteiger partial charge in [0.1, 0.15) is 6.04 Å². The molecule has 8 nitrogen and oxygen atoms in total. The Labute approximate surface area is 197 Å². The highest BCUT2D eigenvalue weighted by molar-refractivity contribution is 7.90. The van der Waals surface area contributed by atoms with Crippen molar-refractivity contribution in [1.82, 2.24) is 10.2 Å². The molecular formula is C23H31N3O5S2. The lowest BCUT2D eigenvalue weighted by molar-refractivity contribution is -0.130. The molecule has 3 atom stereocenters. The van der Waals surface area contributed by atoms with E-state index in [0.717, 1.165) is 12.7 Å². The lowest BCUT2D eigenvalue weighted by Gasteiger charge is -2.43. The average molecular weight is 494 g/mol. The molecule has 1 aromatic carbocycles. The maximum atomic E-state index is 12.7. The third-order valence-corrected chi connectivity index (χ3v) is 9.65. The van der Waals surface area contributed by atoms with E-state index >= 15 is 0 Å². The zero-order valence-corrected chi connectivity index (χ0v) is 21.1. The molecule has 1 unspecified atom stereocenters. The zero-order chi connectivity index (χ0) is 24.6. The van der Waals surface area contributed by atoms with Crippen LogP contribution in [0, 0.1) is 22.7 Å². The number of nitrogens with zero attached hydrogens (tertiary/aromatic N) is 2. The summed E-state index contributed by atoms with van der Waals surface area (Å²) in [7, 11) is -5.88. The summed E-state index contributed by atoms with van der Waals surface area (Å²) < 4.78 is 48.2. The van der Waals surface area contributed by atoms with Crippen LogP contribution in [0.2, 0.25) is 0 Å². The highest BCUT2D eigenvalue weighted by Crippen LogP contribution is 2.51. The Morgan fingerprint density at radius 2 is 1.85 bits per heavy atom. The molecule has 1 saturated carbocycles. The number of benzene rings is 1. The van der Waals surface area contributed by atoms with Gasteiger partial charge in [-0.15, -0.1) is 0 Å². The summed E-state index contributed by atoms with van der Waals surface area (Å²) in [6.45, 7) is 6.66. The van der Waals surface area contributed by atoms with Gasteiger partial charge in [-0.3, -0.25) is 4.79 Å². The van der Waals surface area contributed by atoms with E-state index in [9.17, 15) is 26.9 Å². The fraction of sp³-hybridized carbons (Fsp3) is 0.609. The van der Waals surface area contributed by atoms with Gasteiger partial charge in [-0.2, -0.15) is 13.7 Å². The van der Waals surface area contributed by atoms with E-state index in [0.29, 0.717) is 31.4 Å². The number of rotatable bonds is 6. The minimum Gasteiger partial charge on any atom is -0.326 e. The van der Waals surface area contributed by atoms with Crippen molar-refractivity contribution >= 4 is 30.9 Å². The summed E-state index contributed by atoms with van der Waals surface area (Å²) in [5, 5.41) is 12.6. The van der Waals surface area contributed by atoms with Crippen molar-refractivity contribution in [3.63, 3.8) is 0 Å². The Hall–Kier alpha value is -2.22. The van der Waals surface area contributed by atoms with Crippen LogP contribution >= 0.6 is 0 Å². The normalized spacial score (nSPS) is 26.7. The van der Waals surface area contributed by atoms with Crippen molar-refractivity contribution in [2.45, 2.75) is 62.9 Å². The SMILES string of the molecule is CC1(C)[C@H](C(c2ccc(S(C)(=O)=O)cc2)=S(=O)=O)CC[C@]1(C)NCC(=O)N1CCCC1C#N. The number of hydrogen-bond donors (Lipinski definition) is 1. The molecule has 1 aliphatic heterocycles. The molecule has 1 saturated heterocycles. The molecule has 2 fully saturated rings. The lowest BCUT2D eigenvalue weighted by atomic mass is 9.69. The van der Waals surface area contributed by atoms with Gasteiger partial charge in [-0.25, -0.2) is 8.42 Å². The minimum absolute atomic E-state index is 0.0870. The summed E-state index contributed by atoms with van der Waals surface area (Å²) in [4.78, 5) is 14.7. The summed E-state index contributed by atoms with van der Waals surface area (Å²) in [6, 6.07) is 7.74. The van der Waals surface area contributed by atoms with Crippen LogP contribution in [0.15, 0.2) is 29.2 Å². The first-order chi connectivity index (χ1) is 15.3. The van der Waals surface area contributed by atoms with Crippen LogP contribution in [0.1, 0.15) is 52.0 Å². The number of nitriles is 1. The summed E-state index contributed by atoms with van der Waals surface area (Å²) >= 11 is 0. The number of amides is 1. The first kappa shape index (κ1) is 25.4. The average Bonchev–Trinajstić information content (AvgIpc) is 3.30. The Bertz CT molecular complexity index is 1210. The number of nitrogens with one attached hydrogen (secondary N) is 1. The Morgan fingerprint density at radius 3 is 2.39 bits per heavy atom. The van der Waals surface area contributed by atoms with Crippen molar-refractivity contribution in [2.24, 2.45) is 11.3 Å². The van der Waals surface area contributed by atoms with Gasteiger partial charge in [0.2, 0.25) is 16.2 Å². The maximum absolute atomic E-state index is 12.7. The fourth-order valence-electron chi connectivity index (χ4n) is 5.13. The lowest BCUT2D eigenvalue weighted by Crippen LogP contribution is -2.56. The molecule has 180 valence electrons. The smallest absolute Gasteiger partial charge is 0.237 e. The molecule has 0 spiro atoms. The Kier molecular flexibility index (Phi) is 7.08. The second kappa shape index (κ2) is 9.20. The summed E-state index contributed by atoms with van der Waals surface area (Å²) in [6.07, 6.45) is 3.89. The number of hydrogen-bond acceptors (Lipinski definition) is 7. The molecular weight excluding hydrogens is 462 g/mol. The fourth-order valence-corrected chi connectivity index (χ4v) is 6.73. The molecule has 2 aliphatic rings. The van der Waals surface area contributed by atoms with Crippen LogP contribution in [0.5, 0.6) is 0 Å². The van der Waals surface area contributed by atoms with E-state index in [1.807, 2.05) is 20.8 Å². The highest BCUT2D eigenvalue weighted by Gasteiger charge is 2.53. The van der Waals surface area contributed by atoms with Gasteiger partial charge in [-0.05, 0) is 55.7 Å². The van der Waals surface area contributed by atoms with Crippen molar-refractivity contribution in [2.75, 3.05) is 19.3 Å². The number of sulfone groups is 1. The van der Waals surface area contributed by atoms with Gasteiger partial charge in [0.25, 0.3) is 0 Å². The second-order valence-electron chi connectivity index (χ2n) is 9.77. The molecule has 0 radical (unpaired) electrons. The van der Waals surface area contributed by atoms with Crippen molar-refractivity contribution < 1.29 is 21.6 Å². The molecule has 1 aliphatic carbocycles. The van der Waals surface area contributed by atoms with E-state index in [2.05, 4.69) is 11.4 Å². The van der Waals surface area contributed by atoms with Crippen LogP contribution < -0.4 is 5.32 Å². The number of carbonyl (C=O) groups is 1. The van der Waals surface area contributed by atoms with Crippen LogP contribution in [0.3, 0.4) is 0 Å². The third kappa shape index (κ3) is 4.86. The van der Waals surface area contributed by atoms with Gasteiger partial charge < -0.3 is 10.2 Å². The summed E-state index contributed by atoms with van der Waals surface area (Å²) in [5.74, 6) is -0.432. The molecule has 1 amide bonds. The number of carbonyl (C=O) groups excluding carboxylic acids is 1. The van der Waals surface area contributed by atoms with Crippen LogP contribution in [0.25, 0.3) is 0 Å². The van der Waals surface area contributed by atoms with Gasteiger partial charge >= 0.3 is 0 Å². The summed E-state index contributed by atoms with van der Waals surface area (Å²) in [5.41, 5.74) is -0.548. The molecule has 3 rings (SSSR count). The van der Waals surface area contributed by atoms with E-state index in [1.54, 1.807) is 17.0 Å². The van der Waals surface area contributed by atoms with Crippen molar-refractivity contribution in [3.05, 3.63) is 29.8 Å². The standard InChI is InChI=1S/C23H31N3O5S2/c1-22(2)19(21(32(28)29)16-7-9-18(10-8-16)33(4,30)31)11-12-23(22,3)25-15-20(27)26-13-5-6-17(26)14-24/h7-10,17,19,25H,5-6,11-13,15H2,1-4H3/t17?,19-,23-/m0/s1. The maximum Gasteiger partial charge on any atom is 0.237 e. The monoisotopic (exact) mass is 493 g/mol. The second-order valence-corrected chi connectivity index (χ2v) is 12.7. The first-order valence-corrected chi connectivity index (χ1v) is 14.0. The van der Waals surface area contributed by atoms with Gasteiger partial charge in [0.15, 0.2) is 9.84 Å². The van der Waals surface area contributed by atoms with Gasteiger partial charge in [-0.1, -0.05) is 26.0 Å². The van der Waals surface area contributed by atoms with Crippen molar-refractivity contribution in [3.8, 4) is 6.07 Å². The van der Waals surface area contributed by atoms with Gasteiger partial charge in [0, 0.05) is 24.3 Å². The predicted octanol–water partition coefficient (Wildman–Crippen LogP) is 1.79. The van der Waals surface area contributed by atoms with Crippen LogP contribution in [-0.4, -0.2) is 63.4 Å². The number of likely N-dealkylation sites (tertiary alicyclic amines) is 1.